The molecule has 1 heterocycles. The summed E-state index contributed by atoms with van der Waals surface area (Å²) in [5.41, 5.74) is 8.27. The number of aromatic hydroxyl groups is 1. The van der Waals surface area contributed by atoms with Gasteiger partial charge in [0.05, 0.1) is 12.6 Å². The number of para-hydroxylation sites is 1. The van der Waals surface area contributed by atoms with Crippen LogP contribution in [0.5, 0.6) is 5.75 Å². The van der Waals surface area contributed by atoms with Gasteiger partial charge in [0, 0.05) is 23.5 Å². The van der Waals surface area contributed by atoms with Gasteiger partial charge in [0.2, 0.25) is 11.8 Å². The third kappa shape index (κ3) is 5.83. The minimum atomic E-state index is -1.17. The van der Waals surface area contributed by atoms with E-state index in [1.807, 2.05) is 24.3 Å². The summed E-state index contributed by atoms with van der Waals surface area (Å²) in [5, 5.41) is 24.5. The van der Waals surface area contributed by atoms with Crippen molar-refractivity contribution < 1.29 is 24.6 Å². The summed E-state index contributed by atoms with van der Waals surface area (Å²) in [6, 6.07) is 11.7. The highest BCUT2D eigenvalue weighted by molar-refractivity contribution is 5.90. The number of aromatic nitrogens is 1. The largest absolute Gasteiger partial charge is 0.508 e. The molecule has 9 heteroatoms. The lowest BCUT2D eigenvalue weighted by Gasteiger charge is -2.16. The van der Waals surface area contributed by atoms with Crippen molar-refractivity contribution >= 4 is 28.7 Å². The molecule has 0 radical (unpaired) electrons. The molecule has 0 saturated heterocycles. The Bertz CT molecular complexity index is 1080. The Labute approximate surface area is 178 Å². The summed E-state index contributed by atoms with van der Waals surface area (Å²) in [6.45, 7) is -0.389. The fourth-order valence-corrected chi connectivity index (χ4v) is 3.24. The van der Waals surface area contributed by atoms with Crippen molar-refractivity contribution in [1.29, 1.82) is 0 Å². The third-order valence-electron chi connectivity index (χ3n) is 4.88. The van der Waals surface area contributed by atoms with Gasteiger partial charge in [-0.3, -0.25) is 9.59 Å². The molecule has 0 aliphatic rings. The molecule has 0 bridgehead atoms. The second-order valence-electron chi connectivity index (χ2n) is 7.22. The summed E-state index contributed by atoms with van der Waals surface area (Å²) >= 11 is 0. The molecule has 7 N–H and O–H groups in total. The molecule has 2 atom stereocenters. The van der Waals surface area contributed by atoms with Gasteiger partial charge in [0.25, 0.3) is 0 Å². The monoisotopic (exact) mass is 424 g/mol. The van der Waals surface area contributed by atoms with E-state index in [9.17, 15) is 24.6 Å². The first kappa shape index (κ1) is 21.8. The summed E-state index contributed by atoms with van der Waals surface area (Å²) < 4.78 is 0. The van der Waals surface area contributed by atoms with Crippen LogP contribution in [0.25, 0.3) is 10.9 Å². The second kappa shape index (κ2) is 9.77. The van der Waals surface area contributed by atoms with Crippen molar-refractivity contribution in [3.05, 3.63) is 65.9 Å². The number of phenolic OH excluding ortho intramolecular Hbond substituents is 1. The topological polar surface area (TPSA) is 158 Å². The number of H-pyrrole nitrogens is 1. The van der Waals surface area contributed by atoms with Crippen LogP contribution in [-0.4, -0.2) is 51.6 Å². The lowest BCUT2D eigenvalue weighted by atomic mass is 10.0. The van der Waals surface area contributed by atoms with Crippen LogP contribution in [0, 0.1) is 0 Å². The van der Waals surface area contributed by atoms with Crippen LogP contribution in [0.2, 0.25) is 0 Å². The predicted molar refractivity (Wildman–Crippen MR) is 114 cm³/mol. The minimum Gasteiger partial charge on any atom is -0.508 e. The average Bonchev–Trinajstić information content (AvgIpc) is 3.16. The summed E-state index contributed by atoms with van der Waals surface area (Å²) in [7, 11) is 0. The van der Waals surface area contributed by atoms with E-state index in [1.54, 1.807) is 18.3 Å². The molecule has 2 aromatic carbocycles. The molecule has 0 fully saturated rings. The summed E-state index contributed by atoms with van der Waals surface area (Å²) in [6.07, 6.45) is 2.04. The number of nitrogens with two attached hydrogens (primary N) is 1. The minimum absolute atomic E-state index is 0.0966. The van der Waals surface area contributed by atoms with E-state index in [1.165, 1.54) is 12.1 Å². The Balaban J connectivity index is 1.52. The van der Waals surface area contributed by atoms with E-state index >= 15 is 0 Å². The van der Waals surface area contributed by atoms with Crippen LogP contribution < -0.4 is 16.4 Å². The number of benzene rings is 2. The fraction of sp³-hybridized carbons (Fsp3) is 0.227. The second-order valence-corrected chi connectivity index (χ2v) is 7.22. The SMILES string of the molecule is NC(Cc1ccc(O)cc1)C(=O)NCC(=O)NC(Cc1c[nH]c2ccccc12)C(=O)O. The number of amides is 2. The van der Waals surface area contributed by atoms with Crippen molar-refractivity contribution in [2.75, 3.05) is 6.54 Å². The molecule has 1 aromatic heterocycles. The highest BCUT2D eigenvalue weighted by atomic mass is 16.4. The molecular weight excluding hydrogens is 400 g/mol. The van der Waals surface area contributed by atoms with Crippen LogP contribution in [0.4, 0.5) is 0 Å². The van der Waals surface area contributed by atoms with E-state index in [0.29, 0.717) is 0 Å². The van der Waals surface area contributed by atoms with Crippen LogP contribution in [0.3, 0.4) is 0 Å². The van der Waals surface area contributed by atoms with E-state index < -0.39 is 29.9 Å². The highest BCUT2D eigenvalue weighted by Crippen LogP contribution is 2.19. The van der Waals surface area contributed by atoms with Crippen molar-refractivity contribution in [2.24, 2.45) is 5.73 Å². The van der Waals surface area contributed by atoms with E-state index in [-0.39, 0.29) is 25.1 Å². The number of hydrogen-bond acceptors (Lipinski definition) is 5. The molecule has 2 unspecified atom stereocenters. The van der Waals surface area contributed by atoms with E-state index in [2.05, 4.69) is 15.6 Å². The zero-order valence-corrected chi connectivity index (χ0v) is 16.7. The quantitative estimate of drug-likeness (QED) is 0.296. The van der Waals surface area contributed by atoms with Crippen LogP contribution >= 0.6 is 0 Å². The average molecular weight is 424 g/mol. The molecule has 9 nitrogen and oxygen atoms in total. The number of carbonyl (C=O) groups excluding carboxylic acids is 2. The lowest BCUT2D eigenvalue weighted by molar-refractivity contribution is -0.141. The van der Waals surface area contributed by atoms with Gasteiger partial charge < -0.3 is 31.6 Å². The van der Waals surface area contributed by atoms with E-state index in [0.717, 1.165) is 22.0 Å². The Morgan fingerprint density at radius 1 is 1.03 bits per heavy atom. The maximum absolute atomic E-state index is 12.2. The number of carboxylic acid groups (broad SMARTS) is 1. The Hall–Kier alpha value is -3.85. The number of carboxylic acids is 1. The molecule has 0 spiro atoms. The Morgan fingerprint density at radius 3 is 2.45 bits per heavy atom. The first-order valence-corrected chi connectivity index (χ1v) is 9.72. The van der Waals surface area contributed by atoms with Crippen LogP contribution in [0.1, 0.15) is 11.1 Å². The standard InChI is InChI=1S/C22H24N4O5/c23-17(9-13-5-7-15(27)8-6-13)21(29)25-12-20(28)26-19(22(30)31)10-14-11-24-18-4-2-1-3-16(14)18/h1-8,11,17,19,24,27H,9-10,12,23H2,(H,25,29)(H,26,28)(H,30,31). The molecular formula is C22H24N4O5. The van der Waals surface area contributed by atoms with Gasteiger partial charge in [0.1, 0.15) is 11.8 Å². The van der Waals surface area contributed by atoms with Crippen molar-refractivity contribution in [3.63, 3.8) is 0 Å². The highest BCUT2D eigenvalue weighted by Gasteiger charge is 2.22. The van der Waals surface area contributed by atoms with Crippen molar-refractivity contribution in [2.45, 2.75) is 24.9 Å². The normalized spacial score (nSPS) is 12.8. The molecule has 162 valence electrons. The molecule has 0 aliphatic heterocycles. The van der Waals surface area contributed by atoms with Gasteiger partial charge in [-0.15, -0.1) is 0 Å². The summed E-state index contributed by atoms with van der Waals surface area (Å²) in [5.74, 6) is -2.22. The zero-order valence-electron chi connectivity index (χ0n) is 16.7. The Kier molecular flexibility index (Phi) is 6.88. The van der Waals surface area contributed by atoms with Gasteiger partial charge in [0.15, 0.2) is 0 Å². The summed E-state index contributed by atoms with van der Waals surface area (Å²) in [4.78, 5) is 39.1. The number of phenols is 1. The van der Waals surface area contributed by atoms with E-state index in [4.69, 9.17) is 5.73 Å². The predicted octanol–water partition coefficient (Wildman–Crippen LogP) is 0.672. The number of rotatable bonds is 9. The lowest BCUT2D eigenvalue weighted by Crippen LogP contribution is -2.49. The fourth-order valence-electron chi connectivity index (χ4n) is 3.24. The van der Waals surface area contributed by atoms with Crippen molar-refractivity contribution in [1.82, 2.24) is 15.6 Å². The van der Waals surface area contributed by atoms with Gasteiger partial charge in [-0.25, -0.2) is 4.79 Å². The molecule has 0 aliphatic carbocycles. The number of carbonyl (C=O) groups is 3. The number of aliphatic carboxylic acids is 1. The van der Waals surface area contributed by atoms with Crippen LogP contribution in [-0.2, 0) is 27.2 Å². The maximum atomic E-state index is 12.2. The molecule has 3 aromatic rings. The Morgan fingerprint density at radius 2 is 1.74 bits per heavy atom. The third-order valence-corrected chi connectivity index (χ3v) is 4.88. The van der Waals surface area contributed by atoms with Gasteiger partial charge in [-0.05, 0) is 35.7 Å². The smallest absolute Gasteiger partial charge is 0.326 e. The maximum Gasteiger partial charge on any atom is 0.326 e. The molecule has 3 rings (SSSR count). The molecule has 0 saturated carbocycles. The zero-order chi connectivity index (χ0) is 22.4. The van der Waals surface area contributed by atoms with Crippen molar-refractivity contribution in [3.8, 4) is 5.75 Å². The number of aromatic amines is 1. The molecule has 2 amide bonds. The first-order valence-electron chi connectivity index (χ1n) is 9.72. The van der Waals surface area contributed by atoms with Crippen LogP contribution in [0.15, 0.2) is 54.7 Å². The molecule has 31 heavy (non-hydrogen) atoms. The first-order chi connectivity index (χ1) is 14.8. The van der Waals surface area contributed by atoms with Gasteiger partial charge >= 0.3 is 5.97 Å². The van der Waals surface area contributed by atoms with Gasteiger partial charge in [-0.2, -0.15) is 0 Å². The number of hydrogen-bond donors (Lipinski definition) is 6. The number of nitrogens with one attached hydrogen (secondary N) is 3. The number of fused-ring (bicyclic) bond motifs is 1. The van der Waals surface area contributed by atoms with Gasteiger partial charge in [-0.1, -0.05) is 30.3 Å².